The first-order valence-electron chi connectivity index (χ1n) is 13.2. The van der Waals surface area contributed by atoms with Crippen molar-refractivity contribution in [3.8, 4) is 5.75 Å². The lowest BCUT2D eigenvalue weighted by Crippen LogP contribution is -2.36. The molecule has 0 spiro atoms. The van der Waals surface area contributed by atoms with Gasteiger partial charge in [-0.15, -0.1) is 0 Å². The lowest BCUT2D eigenvalue weighted by molar-refractivity contribution is -0.140. The van der Waals surface area contributed by atoms with Crippen molar-refractivity contribution in [3.63, 3.8) is 0 Å². The van der Waals surface area contributed by atoms with E-state index in [0.29, 0.717) is 29.7 Å². The molecule has 6 heteroatoms. The van der Waals surface area contributed by atoms with Gasteiger partial charge in [-0.2, -0.15) is 0 Å². The molecule has 196 valence electrons. The number of nitrogens with one attached hydrogen (secondary N) is 2. The zero-order chi connectivity index (χ0) is 26.9. The molecule has 4 aromatic rings. The Morgan fingerprint density at radius 2 is 1.69 bits per heavy atom. The summed E-state index contributed by atoms with van der Waals surface area (Å²) in [5.41, 5.74) is 6.48. The summed E-state index contributed by atoms with van der Waals surface area (Å²) in [6, 6.07) is 25.4. The highest BCUT2D eigenvalue weighted by Gasteiger charge is 2.42. The minimum atomic E-state index is -0.532. The zero-order valence-corrected chi connectivity index (χ0v) is 22.0. The first kappa shape index (κ1) is 24.7. The van der Waals surface area contributed by atoms with Crippen molar-refractivity contribution < 1.29 is 19.1 Å². The third kappa shape index (κ3) is 4.52. The van der Waals surface area contributed by atoms with Gasteiger partial charge < -0.3 is 19.8 Å². The molecule has 0 bridgehead atoms. The molecule has 0 amide bonds. The first-order valence-corrected chi connectivity index (χ1v) is 13.2. The Hall–Kier alpha value is -4.58. The van der Waals surface area contributed by atoms with Crippen LogP contribution in [-0.2, 0) is 20.9 Å². The van der Waals surface area contributed by atoms with Gasteiger partial charge in [0.1, 0.15) is 12.4 Å². The average molecular weight is 519 g/mol. The van der Waals surface area contributed by atoms with Gasteiger partial charge in [-0.3, -0.25) is 4.79 Å². The Labute approximate surface area is 227 Å². The van der Waals surface area contributed by atoms with Crippen molar-refractivity contribution in [3.05, 3.63) is 124 Å². The number of ketones is 1. The number of aromatic amines is 1. The van der Waals surface area contributed by atoms with Gasteiger partial charge in [-0.1, -0.05) is 60.7 Å². The summed E-state index contributed by atoms with van der Waals surface area (Å²) >= 11 is 0. The maximum atomic E-state index is 14.0. The Kier molecular flexibility index (Phi) is 6.53. The van der Waals surface area contributed by atoms with E-state index in [9.17, 15) is 9.59 Å². The summed E-state index contributed by atoms with van der Waals surface area (Å²) < 4.78 is 11.4. The molecule has 1 aliphatic heterocycles. The van der Waals surface area contributed by atoms with Gasteiger partial charge in [0.2, 0.25) is 0 Å². The van der Waals surface area contributed by atoms with E-state index >= 15 is 0 Å². The summed E-state index contributed by atoms with van der Waals surface area (Å²) in [4.78, 5) is 31.0. The normalized spacial score (nSPS) is 19.1. The van der Waals surface area contributed by atoms with Gasteiger partial charge in [0, 0.05) is 52.3 Å². The number of Topliss-reactive ketones (excluding diaryl/α,β-unsaturated/α-hetero) is 1. The van der Waals surface area contributed by atoms with E-state index in [0.717, 1.165) is 39.0 Å². The number of rotatable bonds is 6. The molecule has 0 saturated carbocycles. The molecule has 2 atom stereocenters. The molecule has 0 radical (unpaired) electrons. The average Bonchev–Trinajstić information content (AvgIpc) is 3.45. The minimum absolute atomic E-state index is 0.0250. The highest BCUT2D eigenvalue weighted by atomic mass is 16.5. The third-order valence-electron chi connectivity index (χ3n) is 7.78. The topological polar surface area (TPSA) is 80.4 Å². The molecule has 1 aliphatic carbocycles. The fraction of sp³-hybridized carbons (Fsp3) is 0.212. The van der Waals surface area contributed by atoms with E-state index in [1.165, 1.54) is 0 Å². The fourth-order valence-electron chi connectivity index (χ4n) is 6.01. The van der Waals surface area contributed by atoms with Gasteiger partial charge in [0.25, 0.3) is 0 Å². The second kappa shape index (κ2) is 10.3. The molecular formula is C33H30N2O4. The first-order chi connectivity index (χ1) is 19.0. The van der Waals surface area contributed by atoms with Gasteiger partial charge in [-0.25, -0.2) is 4.79 Å². The monoisotopic (exact) mass is 518 g/mol. The van der Waals surface area contributed by atoms with Crippen molar-refractivity contribution in [2.24, 2.45) is 0 Å². The summed E-state index contributed by atoms with van der Waals surface area (Å²) in [7, 11) is 1.65. The van der Waals surface area contributed by atoms with Gasteiger partial charge in [0.15, 0.2) is 5.78 Å². The fourth-order valence-corrected chi connectivity index (χ4v) is 6.01. The van der Waals surface area contributed by atoms with Gasteiger partial charge in [0.05, 0.1) is 12.7 Å². The smallest absolute Gasteiger partial charge is 0.337 e. The second-order valence-electron chi connectivity index (χ2n) is 10.1. The van der Waals surface area contributed by atoms with E-state index in [2.05, 4.69) is 10.3 Å². The highest BCUT2D eigenvalue weighted by Crippen LogP contribution is 2.48. The van der Waals surface area contributed by atoms with Crippen LogP contribution in [0.1, 0.15) is 48.3 Å². The second-order valence-corrected chi connectivity index (χ2v) is 10.1. The Bertz CT molecular complexity index is 1630. The summed E-state index contributed by atoms with van der Waals surface area (Å²) in [5, 5.41) is 4.43. The number of aromatic nitrogens is 1. The zero-order valence-electron chi connectivity index (χ0n) is 22.0. The summed E-state index contributed by atoms with van der Waals surface area (Å²) in [6.07, 6.45) is 2.87. The number of ether oxygens (including phenoxy) is 2. The van der Waals surface area contributed by atoms with E-state index < -0.39 is 11.9 Å². The standard InChI is InChI=1S/C33H30N2O4/c1-20-30(33(37)39-19-21-9-4-3-5-10-21)31(25-12-8-13-26-24(25)15-16-34-26)32-27(35-20)17-22(18-28(32)36)23-11-6-7-14-29(23)38-2/h3-16,22,31,34-35H,17-19H2,1-2H3/t22-,31?/m1/s1. The predicted molar refractivity (Wildman–Crippen MR) is 150 cm³/mol. The number of dihydropyridines is 1. The molecule has 2 aliphatic rings. The molecule has 6 nitrogen and oxygen atoms in total. The van der Waals surface area contributed by atoms with Crippen molar-refractivity contribution in [2.45, 2.75) is 38.2 Å². The molecule has 0 fully saturated rings. The summed E-state index contributed by atoms with van der Waals surface area (Å²) in [5.74, 6) is -0.176. The van der Waals surface area contributed by atoms with Crippen LogP contribution in [0.3, 0.4) is 0 Å². The number of para-hydroxylation sites is 1. The summed E-state index contributed by atoms with van der Waals surface area (Å²) in [6.45, 7) is 2.05. The van der Waals surface area contributed by atoms with Gasteiger partial charge >= 0.3 is 5.97 Å². The highest BCUT2D eigenvalue weighted by molar-refractivity contribution is 6.05. The quantitative estimate of drug-likeness (QED) is 0.294. The van der Waals surface area contributed by atoms with Crippen LogP contribution in [0.5, 0.6) is 5.75 Å². The van der Waals surface area contributed by atoms with E-state index in [1.807, 2.05) is 92.0 Å². The lowest BCUT2D eigenvalue weighted by Gasteiger charge is -2.37. The number of benzene rings is 3. The predicted octanol–water partition coefficient (Wildman–Crippen LogP) is 6.28. The molecule has 3 aromatic carbocycles. The molecule has 0 saturated heterocycles. The van der Waals surface area contributed by atoms with Gasteiger partial charge in [-0.05, 0) is 48.2 Å². The maximum absolute atomic E-state index is 14.0. The van der Waals surface area contributed by atoms with Crippen LogP contribution in [-0.4, -0.2) is 23.8 Å². The van der Waals surface area contributed by atoms with E-state index in [-0.39, 0.29) is 18.3 Å². The Morgan fingerprint density at radius 3 is 2.51 bits per heavy atom. The van der Waals surface area contributed by atoms with Crippen LogP contribution in [0.4, 0.5) is 0 Å². The number of hydrogen-bond acceptors (Lipinski definition) is 5. The Morgan fingerprint density at radius 1 is 0.923 bits per heavy atom. The van der Waals surface area contributed by atoms with Crippen LogP contribution in [0.2, 0.25) is 0 Å². The SMILES string of the molecule is COc1ccccc1[C@H]1CC(=O)C2=C(C1)NC(C)=C(C(=O)OCc1ccccc1)C2c1cccc2[nH]ccc12. The number of fused-ring (bicyclic) bond motifs is 1. The molecule has 6 rings (SSSR count). The van der Waals surface area contributed by atoms with Crippen LogP contribution < -0.4 is 10.1 Å². The number of hydrogen-bond donors (Lipinski definition) is 2. The van der Waals surface area contributed by atoms with E-state index in [4.69, 9.17) is 9.47 Å². The maximum Gasteiger partial charge on any atom is 0.337 e. The third-order valence-corrected chi connectivity index (χ3v) is 7.78. The molecule has 2 heterocycles. The number of methoxy groups -OCH3 is 1. The van der Waals surface area contributed by atoms with Crippen molar-refractivity contribution in [1.82, 2.24) is 10.3 Å². The minimum Gasteiger partial charge on any atom is -0.496 e. The molecule has 2 N–H and O–H groups in total. The molecule has 1 unspecified atom stereocenters. The molecule has 1 aromatic heterocycles. The Balaban J connectivity index is 1.43. The van der Waals surface area contributed by atoms with Crippen LogP contribution >= 0.6 is 0 Å². The number of esters is 1. The lowest BCUT2D eigenvalue weighted by atomic mass is 9.71. The van der Waals surface area contributed by atoms with Crippen molar-refractivity contribution in [1.29, 1.82) is 0 Å². The van der Waals surface area contributed by atoms with E-state index in [1.54, 1.807) is 7.11 Å². The van der Waals surface area contributed by atoms with Crippen LogP contribution in [0.25, 0.3) is 10.9 Å². The van der Waals surface area contributed by atoms with Crippen molar-refractivity contribution in [2.75, 3.05) is 7.11 Å². The number of H-pyrrole nitrogens is 1. The largest absolute Gasteiger partial charge is 0.496 e. The van der Waals surface area contributed by atoms with Crippen LogP contribution in [0.15, 0.2) is 108 Å². The number of carbonyl (C=O) groups is 2. The molecular weight excluding hydrogens is 488 g/mol. The number of carbonyl (C=O) groups excluding carboxylic acids is 2. The van der Waals surface area contributed by atoms with Crippen LogP contribution in [0, 0.1) is 0 Å². The van der Waals surface area contributed by atoms with Crippen molar-refractivity contribution >= 4 is 22.7 Å². The molecule has 39 heavy (non-hydrogen) atoms. The number of allylic oxidation sites excluding steroid dienone is 3.